The van der Waals surface area contributed by atoms with Gasteiger partial charge >= 0.3 is 0 Å². The molecule has 12 nitrogen and oxygen atoms in total. The number of benzene rings is 1. The number of pyridine rings is 2. The Balaban J connectivity index is 0.000000352. The third-order valence-corrected chi connectivity index (χ3v) is 27.7. The van der Waals surface area contributed by atoms with Crippen LogP contribution in [0, 0.1) is 23.7 Å². The normalized spacial score (nSPS) is 18.8. The molecule has 0 saturated heterocycles. The number of halogens is 3. The molecule has 64 heavy (non-hydrogen) atoms. The molecule has 0 aliphatic heterocycles. The van der Waals surface area contributed by atoms with Gasteiger partial charge in [0.15, 0.2) is 0 Å². The second-order valence-corrected chi connectivity index (χ2v) is 32.6. The van der Waals surface area contributed by atoms with Gasteiger partial charge in [-0.15, -0.1) is 0 Å². The molecule has 4 atom stereocenters. The molecule has 0 aliphatic rings. The average Bonchev–Trinajstić information content (AvgIpc) is 3.66. The summed E-state index contributed by atoms with van der Waals surface area (Å²) < 4.78 is 91.2. The van der Waals surface area contributed by atoms with Crippen molar-refractivity contribution in [1.29, 1.82) is 0 Å². The fourth-order valence-electron chi connectivity index (χ4n) is 9.93. The van der Waals surface area contributed by atoms with Crippen LogP contribution >= 0.6 is 45.4 Å². The highest BCUT2D eigenvalue weighted by atomic mass is 79.9. The average molecular weight is 1040 g/mol. The zero-order valence-electron chi connectivity index (χ0n) is 40.1. The first kappa shape index (κ1) is 56.4. The molecule has 3 heterocycles. The van der Waals surface area contributed by atoms with Gasteiger partial charge in [-0.1, -0.05) is 117 Å². The number of nitrogens with zero attached hydrogens (tertiary/aromatic N) is 3. The van der Waals surface area contributed by atoms with Crippen LogP contribution in [0.1, 0.15) is 122 Å². The molecule has 0 saturated carbocycles. The van der Waals surface area contributed by atoms with Crippen LogP contribution in [0.2, 0.25) is 0 Å². The second-order valence-electron chi connectivity index (χ2n) is 19.4. The van der Waals surface area contributed by atoms with Gasteiger partial charge < -0.3 is 19.6 Å². The van der Waals surface area contributed by atoms with E-state index in [-0.39, 0.29) is 0 Å². The molecule has 4 rings (SSSR count). The first-order valence-electron chi connectivity index (χ1n) is 21.8. The maximum Gasteiger partial charge on any atom is 0.270 e. The maximum absolute atomic E-state index is 18.0. The molecule has 0 bridgehead atoms. The fourth-order valence-corrected chi connectivity index (χ4v) is 23.8. The van der Waals surface area contributed by atoms with Gasteiger partial charge in [-0.3, -0.25) is 33.3 Å². The molecule has 5 N–H and O–H groups in total. The summed E-state index contributed by atoms with van der Waals surface area (Å²) in [5.41, 5.74) is -4.73. The summed E-state index contributed by atoms with van der Waals surface area (Å²) in [4.78, 5) is 53.4. The molecule has 19 heteroatoms. The van der Waals surface area contributed by atoms with E-state index in [1.165, 1.54) is 74.0 Å². The quantitative estimate of drug-likeness (QED) is 0.0630. The summed E-state index contributed by atoms with van der Waals surface area (Å²) in [6, 6.07) is 9.05. The number of aromatic amines is 1. The van der Waals surface area contributed by atoms with Gasteiger partial charge in [-0.05, 0) is 80.6 Å². The minimum Gasteiger partial charge on any atom is -0.342 e. The molecule has 1 aromatic carbocycles. The number of hydrogen-bond donors (Lipinski definition) is 5. The van der Waals surface area contributed by atoms with Gasteiger partial charge in [-0.2, -0.15) is 5.10 Å². The Morgan fingerprint density at radius 2 is 0.875 bits per heavy atom. The summed E-state index contributed by atoms with van der Waals surface area (Å²) in [7, 11) is -19.4. The highest BCUT2D eigenvalue weighted by Crippen LogP contribution is 2.85. The van der Waals surface area contributed by atoms with Crippen molar-refractivity contribution in [2.75, 3.05) is 0 Å². The lowest BCUT2D eigenvalue weighted by molar-refractivity contribution is 0.0844. The third-order valence-electron chi connectivity index (χ3n) is 13.4. The van der Waals surface area contributed by atoms with Crippen molar-refractivity contribution >= 4 is 56.3 Å². The van der Waals surface area contributed by atoms with Gasteiger partial charge in [0, 0.05) is 62.8 Å². The van der Waals surface area contributed by atoms with Crippen molar-refractivity contribution in [2.45, 2.75) is 155 Å². The van der Waals surface area contributed by atoms with E-state index in [0.29, 0.717) is 21.2 Å². The molecule has 4 unspecified atom stereocenters. The van der Waals surface area contributed by atoms with Crippen LogP contribution in [0.5, 0.6) is 0 Å². The summed E-state index contributed by atoms with van der Waals surface area (Å²) >= 11 is 3.33. The van der Waals surface area contributed by atoms with Gasteiger partial charge in [0.25, 0.3) is 10.3 Å². The molecule has 360 valence electrons. The van der Waals surface area contributed by atoms with Crippen LogP contribution in [0.15, 0.2) is 65.8 Å². The van der Waals surface area contributed by atoms with Crippen LogP contribution in [0.3, 0.4) is 0 Å². The lowest BCUT2D eigenvalue weighted by Gasteiger charge is -2.55. The molecule has 0 fully saturated rings. The molecule has 0 spiro atoms. The first-order valence-corrected chi connectivity index (χ1v) is 29.5. The number of rotatable bonds is 17. The molecule has 0 radical (unpaired) electrons. The van der Waals surface area contributed by atoms with Crippen molar-refractivity contribution in [3.05, 3.63) is 76.9 Å². The van der Waals surface area contributed by atoms with E-state index in [0.717, 1.165) is 16.5 Å². The van der Waals surface area contributed by atoms with E-state index in [4.69, 9.17) is 0 Å². The fraction of sp³-hybridized carbons (Fsp3) is 0.622. The van der Waals surface area contributed by atoms with Crippen LogP contribution in [-0.2, 0) is 29.1 Å². The lowest BCUT2D eigenvalue weighted by atomic mass is 9.65. The zero-order chi connectivity index (χ0) is 49.6. The van der Waals surface area contributed by atoms with Gasteiger partial charge in [0.05, 0.1) is 22.5 Å². The number of aromatic nitrogens is 4. The predicted molar refractivity (Wildman–Crippen MR) is 261 cm³/mol. The topological polar surface area (TPSA) is 204 Å². The Labute approximate surface area is 387 Å². The monoisotopic (exact) mass is 1040 g/mol. The summed E-state index contributed by atoms with van der Waals surface area (Å²) in [6.07, 6.45) is 7.76. The number of H-pyrrole nitrogens is 1. The SMILES string of the molecule is CC(C)C(c1cncc(-c2ccc3[nH]ncc3c2)c1)(C(C)C)C(F)(P(=O)(O)C(C)C)P(=O)(O)C(C)C.CC(C)C(c1cncc(Br)c1)(C(C)C)C(F)(P(=O)(O)C(C)C)P(=O)(O)C(C)C. The maximum atomic E-state index is 18.0. The lowest BCUT2D eigenvalue weighted by Crippen LogP contribution is -2.56. The Morgan fingerprint density at radius 3 is 1.22 bits per heavy atom. The molecule has 4 aromatic rings. The Hall–Kier alpha value is -1.91. The second kappa shape index (κ2) is 20.0. The van der Waals surface area contributed by atoms with Gasteiger partial charge in [0.2, 0.25) is 29.5 Å². The number of hydrogen-bond acceptors (Lipinski definition) is 7. The molecular weight excluding hydrogens is 966 g/mol. The molecular formula is C45H71BrF2N4O8P4. The first-order chi connectivity index (χ1) is 29.1. The van der Waals surface area contributed by atoms with E-state index in [9.17, 15) is 37.8 Å². The molecule has 0 aliphatic carbocycles. The van der Waals surface area contributed by atoms with Crippen LogP contribution in [0.4, 0.5) is 8.78 Å². The van der Waals surface area contributed by atoms with E-state index >= 15 is 8.78 Å². The van der Waals surface area contributed by atoms with Crippen LogP contribution in [-0.4, -0.2) is 72.7 Å². The minimum absolute atomic E-state index is 0.324. The summed E-state index contributed by atoms with van der Waals surface area (Å²) in [5.74, 6) is -2.36. The van der Waals surface area contributed by atoms with Crippen molar-refractivity contribution in [3.8, 4) is 11.1 Å². The highest BCUT2D eigenvalue weighted by molar-refractivity contribution is 9.10. The van der Waals surface area contributed by atoms with E-state index < -0.39 is 96.9 Å². The Morgan fingerprint density at radius 1 is 0.516 bits per heavy atom. The van der Waals surface area contributed by atoms with Gasteiger partial charge in [-0.25, -0.2) is 8.78 Å². The predicted octanol–water partition coefficient (Wildman–Crippen LogP) is 13.5. The van der Waals surface area contributed by atoms with Crippen molar-refractivity contribution in [2.24, 2.45) is 23.7 Å². The van der Waals surface area contributed by atoms with E-state index in [1.54, 1.807) is 79.9 Å². The minimum atomic E-state index is -4.89. The number of nitrogens with one attached hydrogen (secondary N) is 1. The number of alkyl halides is 2. The highest BCUT2D eigenvalue weighted by Gasteiger charge is 2.77. The van der Waals surface area contributed by atoms with Crippen molar-refractivity contribution in [1.82, 2.24) is 20.2 Å². The Bertz CT molecular complexity index is 2390. The Kier molecular flexibility index (Phi) is 17.6. The van der Waals surface area contributed by atoms with Crippen molar-refractivity contribution < 1.29 is 46.6 Å². The standard InChI is InChI=1S/C26H38FN3O4P2.C19H33BrFNO4P2/c1-16(2)25(17(3)4,26(27,35(31,32)18(5)6)36(33,34)19(7)8)23-12-21(13-28-15-23)20-9-10-24-22(11-20)14-29-30-24;1-12(2)18(13(3)4,16-9-17(20)11-22-10-16)19(21,27(23,24)14(5)6)28(25,26)15(7)8/h9-19H,1-8H3,(H,29,30)(H,31,32)(H,33,34);9-15H,1-8H3,(H,23,24)(H,25,26). The largest absolute Gasteiger partial charge is 0.342 e. The smallest absolute Gasteiger partial charge is 0.270 e. The van der Waals surface area contributed by atoms with Crippen LogP contribution in [0.25, 0.3) is 22.0 Å². The van der Waals surface area contributed by atoms with E-state index in [2.05, 4.69) is 36.1 Å². The number of fused-ring (bicyclic) bond motifs is 1. The van der Waals surface area contributed by atoms with E-state index in [1.807, 2.05) is 18.2 Å². The summed E-state index contributed by atoms with van der Waals surface area (Å²) in [6.45, 7) is 25.2. The molecule has 0 amide bonds. The zero-order valence-corrected chi connectivity index (χ0v) is 45.2. The summed E-state index contributed by atoms with van der Waals surface area (Å²) in [5, 5.41) is 1.28. The third kappa shape index (κ3) is 8.72. The van der Waals surface area contributed by atoms with Gasteiger partial charge in [0.1, 0.15) is 0 Å². The molecule has 3 aromatic heterocycles. The van der Waals surface area contributed by atoms with Crippen molar-refractivity contribution in [3.63, 3.8) is 0 Å². The van der Waals surface area contributed by atoms with Crippen LogP contribution < -0.4 is 0 Å².